The lowest BCUT2D eigenvalue weighted by Gasteiger charge is -2.40. The Morgan fingerprint density at radius 2 is 1.84 bits per heavy atom. The molecule has 0 saturated carbocycles. The number of nitrogens with zero attached hydrogens (tertiary/aromatic N) is 2. The smallest absolute Gasteiger partial charge is 0.410 e. The Bertz CT molecular complexity index is 371. The van der Waals surface area contributed by atoms with E-state index in [1.54, 1.807) is 4.90 Å². The van der Waals surface area contributed by atoms with Crippen LogP contribution in [0.25, 0.3) is 0 Å². The van der Waals surface area contributed by atoms with Gasteiger partial charge >= 0.3 is 12.1 Å². The van der Waals surface area contributed by atoms with E-state index in [0.717, 1.165) is 6.42 Å². The molecule has 6 nitrogen and oxygen atoms in total. The van der Waals surface area contributed by atoms with E-state index in [1.165, 1.54) is 0 Å². The molecule has 0 spiro atoms. The van der Waals surface area contributed by atoms with Crippen molar-refractivity contribution in [2.24, 2.45) is 5.92 Å². The minimum atomic E-state index is -0.724. The first kappa shape index (κ1) is 14.1. The maximum absolute atomic E-state index is 11.9. The van der Waals surface area contributed by atoms with Crippen LogP contribution in [0.4, 0.5) is 4.79 Å². The first-order valence-electron chi connectivity index (χ1n) is 6.71. The molecule has 2 heterocycles. The number of amides is 1. The molecule has 1 amide bonds. The zero-order chi connectivity index (χ0) is 14.2. The van der Waals surface area contributed by atoms with E-state index in [9.17, 15) is 9.59 Å². The van der Waals surface area contributed by atoms with E-state index in [-0.39, 0.29) is 18.1 Å². The number of rotatable bonds is 2. The van der Waals surface area contributed by atoms with Crippen LogP contribution >= 0.6 is 0 Å². The zero-order valence-corrected chi connectivity index (χ0v) is 11.8. The first-order chi connectivity index (χ1) is 8.76. The number of carbonyl (C=O) groups excluding carboxylic acids is 1. The summed E-state index contributed by atoms with van der Waals surface area (Å²) in [7, 11) is 0. The fourth-order valence-electron chi connectivity index (χ4n) is 2.50. The van der Waals surface area contributed by atoms with E-state index in [2.05, 4.69) is 4.90 Å². The number of aliphatic carboxylic acids is 1. The van der Waals surface area contributed by atoms with Gasteiger partial charge in [-0.2, -0.15) is 0 Å². The predicted octanol–water partition coefficient (Wildman–Crippen LogP) is 1.01. The summed E-state index contributed by atoms with van der Waals surface area (Å²) >= 11 is 0. The number of ether oxygens (including phenoxy) is 1. The Hall–Kier alpha value is -1.30. The van der Waals surface area contributed by atoms with Crippen LogP contribution in [0.3, 0.4) is 0 Å². The van der Waals surface area contributed by atoms with Crippen LogP contribution in [0.15, 0.2) is 0 Å². The highest BCUT2D eigenvalue weighted by Crippen LogP contribution is 2.25. The van der Waals surface area contributed by atoms with Crippen LogP contribution < -0.4 is 0 Å². The minimum Gasteiger partial charge on any atom is -0.481 e. The van der Waals surface area contributed by atoms with Crippen LogP contribution in [-0.2, 0) is 9.53 Å². The van der Waals surface area contributed by atoms with Crippen molar-refractivity contribution in [3.8, 4) is 0 Å². The van der Waals surface area contributed by atoms with Gasteiger partial charge in [0.2, 0.25) is 0 Å². The lowest BCUT2D eigenvalue weighted by atomic mass is 9.97. The topological polar surface area (TPSA) is 70.1 Å². The third kappa shape index (κ3) is 3.37. The van der Waals surface area contributed by atoms with E-state index >= 15 is 0 Å². The molecule has 108 valence electrons. The summed E-state index contributed by atoms with van der Waals surface area (Å²) < 4.78 is 5.34. The average molecular weight is 270 g/mol. The summed E-state index contributed by atoms with van der Waals surface area (Å²) in [6.45, 7) is 8.08. The lowest BCUT2D eigenvalue weighted by Crippen LogP contribution is -2.55. The molecule has 6 heteroatoms. The van der Waals surface area contributed by atoms with Crippen molar-refractivity contribution in [3.63, 3.8) is 0 Å². The summed E-state index contributed by atoms with van der Waals surface area (Å²) in [5.41, 5.74) is -0.472. The van der Waals surface area contributed by atoms with Gasteiger partial charge in [-0.25, -0.2) is 4.79 Å². The Balaban J connectivity index is 1.78. The molecule has 1 N–H and O–H groups in total. The van der Waals surface area contributed by atoms with Crippen LogP contribution in [0, 0.1) is 5.92 Å². The van der Waals surface area contributed by atoms with Crippen LogP contribution in [0.2, 0.25) is 0 Å². The maximum Gasteiger partial charge on any atom is 0.410 e. The highest BCUT2D eigenvalue weighted by Gasteiger charge is 2.40. The predicted molar refractivity (Wildman–Crippen MR) is 68.9 cm³/mol. The Morgan fingerprint density at radius 1 is 1.21 bits per heavy atom. The first-order valence-corrected chi connectivity index (χ1v) is 6.71. The highest BCUT2D eigenvalue weighted by atomic mass is 16.6. The molecule has 2 aliphatic heterocycles. The lowest BCUT2D eigenvalue weighted by molar-refractivity contribution is -0.148. The Labute approximate surface area is 113 Å². The Morgan fingerprint density at radius 3 is 2.37 bits per heavy atom. The SMILES string of the molecule is CC(C)(C)OC(=O)N1CCC(N2CC(C(=O)O)C2)C1. The van der Waals surface area contributed by atoms with E-state index in [1.807, 2.05) is 20.8 Å². The van der Waals surface area contributed by atoms with Crippen molar-refractivity contribution in [2.75, 3.05) is 26.2 Å². The van der Waals surface area contributed by atoms with Crippen LogP contribution in [0.1, 0.15) is 27.2 Å². The largest absolute Gasteiger partial charge is 0.481 e. The van der Waals surface area contributed by atoms with Crippen molar-refractivity contribution >= 4 is 12.1 Å². The third-order valence-electron chi connectivity index (χ3n) is 3.59. The number of hydrogen-bond donors (Lipinski definition) is 1. The molecule has 1 unspecified atom stereocenters. The number of likely N-dealkylation sites (tertiary alicyclic amines) is 2. The number of carbonyl (C=O) groups is 2. The van der Waals surface area contributed by atoms with Crippen LogP contribution in [0.5, 0.6) is 0 Å². The van der Waals surface area contributed by atoms with Gasteiger partial charge in [-0.1, -0.05) is 0 Å². The molecule has 2 aliphatic rings. The quantitative estimate of drug-likeness (QED) is 0.811. The summed E-state index contributed by atoms with van der Waals surface area (Å²) in [6.07, 6.45) is 0.622. The van der Waals surface area contributed by atoms with Gasteiger partial charge < -0.3 is 14.7 Å². The summed E-state index contributed by atoms with van der Waals surface area (Å²) in [5.74, 6) is -0.964. The molecule has 0 radical (unpaired) electrons. The second-order valence-electron chi connectivity index (χ2n) is 6.36. The van der Waals surface area contributed by atoms with E-state index < -0.39 is 11.6 Å². The molecule has 0 aliphatic carbocycles. The summed E-state index contributed by atoms with van der Waals surface area (Å²) in [4.78, 5) is 26.5. The molecule has 19 heavy (non-hydrogen) atoms. The molecule has 0 aromatic carbocycles. The van der Waals surface area contributed by atoms with Crippen molar-refractivity contribution in [1.82, 2.24) is 9.80 Å². The molecule has 0 bridgehead atoms. The average Bonchev–Trinajstić information content (AvgIpc) is 2.60. The minimum absolute atomic E-state index is 0.240. The molecule has 0 aromatic rings. The standard InChI is InChI=1S/C13H22N2O4/c1-13(2,3)19-12(18)14-5-4-10(8-14)15-6-9(7-15)11(16)17/h9-10H,4-8H2,1-3H3,(H,16,17). The van der Waals surface area contributed by atoms with Gasteiger partial charge in [0.1, 0.15) is 5.60 Å². The van der Waals surface area contributed by atoms with Gasteiger partial charge in [0.15, 0.2) is 0 Å². The second kappa shape index (κ2) is 5.00. The summed E-state index contributed by atoms with van der Waals surface area (Å²) in [6, 6.07) is 0.281. The molecular formula is C13H22N2O4. The molecular weight excluding hydrogens is 248 g/mol. The van der Waals surface area contributed by atoms with Gasteiger partial charge in [0.05, 0.1) is 5.92 Å². The highest BCUT2D eigenvalue weighted by molar-refractivity contribution is 5.71. The normalized spacial score (nSPS) is 25.2. The van der Waals surface area contributed by atoms with Gasteiger partial charge in [-0.15, -0.1) is 0 Å². The molecule has 2 fully saturated rings. The van der Waals surface area contributed by atoms with Crippen molar-refractivity contribution in [2.45, 2.75) is 38.8 Å². The van der Waals surface area contributed by atoms with Crippen LogP contribution in [-0.4, -0.2) is 64.8 Å². The van der Waals surface area contributed by atoms with Gasteiger partial charge in [-0.3, -0.25) is 9.69 Å². The number of carboxylic acids is 1. The molecule has 2 saturated heterocycles. The van der Waals surface area contributed by atoms with Crippen molar-refractivity contribution in [3.05, 3.63) is 0 Å². The van der Waals surface area contributed by atoms with E-state index in [0.29, 0.717) is 26.2 Å². The monoisotopic (exact) mass is 270 g/mol. The van der Waals surface area contributed by atoms with Crippen molar-refractivity contribution < 1.29 is 19.4 Å². The fourth-order valence-corrected chi connectivity index (χ4v) is 2.50. The van der Waals surface area contributed by atoms with Crippen molar-refractivity contribution in [1.29, 1.82) is 0 Å². The van der Waals surface area contributed by atoms with Gasteiger partial charge in [0, 0.05) is 32.2 Å². The fraction of sp³-hybridized carbons (Fsp3) is 0.846. The molecule has 0 aromatic heterocycles. The molecule has 1 atom stereocenters. The molecule has 2 rings (SSSR count). The van der Waals surface area contributed by atoms with Gasteiger partial charge in [-0.05, 0) is 27.2 Å². The Kier molecular flexibility index (Phi) is 3.71. The zero-order valence-electron chi connectivity index (χ0n) is 11.8. The summed E-state index contributed by atoms with van der Waals surface area (Å²) in [5, 5.41) is 8.85. The number of hydrogen-bond acceptors (Lipinski definition) is 4. The van der Waals surface area contributed by atoms with E-state index in [4.69, 9.17) is 9.84 Å². The van der Waals surface area contributed by atoms with Gasteiger partial charge in [0.25, 0.3) is 0 Å². The maximum atomic E-state index is 11.9. The second-order valence-corrected chi connectivity index (χ2v) is 6.36. The number of carboxylic acid groups (broad SMARTS) is 1. The third-order valence-corrected chi connectivity index (χ3v) is 3.59.